The zero-order chi connectivity index (χ0) is 12.2. The van der Waals surface area contributed by atoms with E-state index in [1.54, 1.807) is 0 Å². The van der Waals surface area contributed by atoms with Gasteiger partial charge in [-0.1, -0.05) is 0 Å². The first-order chi connectivity index (χ1) is 6.82. The van der Waals surface area contributed by atoms with E-state index in [0.29, 0.717) is 0 Å². The summed E-state index contributed by atoms with van der Waals surface area (Å²) in [5, 5.41) is 61.5. The smallest absolute Gasteiger partial charge is 0.335 e. The topological polar surface area (TPSA) is 159 Å². The van der Waals surface area contributed by atoms with Crippen molar-refractivity contribution in [3.05, 3.63) is 0 Å². The van der Waals surface area contributed by atoms with Crippen LogP contribution in [-0.4, -0.2) is 78.8 Å². The lowest BCUT2D eigenvalue weighted by Gasteiger charge is -2.26. The Hall–Kier alpha value is -0.770. The average Bonchev–Trinajstić information content (AvgIpc) is 2.23. The molecule has 90 valence electrons. The molecule has 8 heteroatoms. The molecule has 0 aliphatic heterocycles. The molecule has 0 saturated heterocycles. The van der Waals surface area contributed by atoms with E-state index in [0.717, 1.165) is 0 Å². The largest absolute Gasteiger partial charge is 0.479 e. The average molecular weight is 226 g/mol. The second-order valence-corrected chi connectivity index (χ2v) is 3.00. The summed E-state index contributed by atoms with van der Waals surface area (Å²) in [6, 6.07) is 0. The molecule has 0 heterocycles. The van der Waals surface area contributed by atoms with Crippen LogP contribution in [0.15, 0.2) is 0 Å². The first-order valence-electron chi connectivity index (χ1n) is 4.07. The van der Waals surface area contributed by atoms with Gasteiger partial charge >= 0.3 is 5.97 Å². The Kier molecular flexibility index (Phi) is 5.65. The molecule has 0 aliphatic carbocycles. The van der Waals surface area contributed by atoms with E-state index in [2.05, 4.69) is 0 Å². The second-order valence-electron chi connectivity index (χ2n) is 3.00. The van der Waals surface area contributed by atoms with Crippen molar-refractivity contribution < 1.29 is 40.5 Å². The van der Waals surface area contributed by atoms with Crippen LogP contribution >= 0.6 is 0 Å². The lowest BCUT2D eigenvalue weighted by atomic mass is 9.99. The maximum atomic E-state index is 10.2. The van der Waals surface area contributed by atoms with Crippen molar-refractivity contribution in [1.82, 2.24) is 0 Å². The third-order valence-corrected chi connectivity index (χ3v) is 1.86. The molecule has 15 heavy (non-hydrogen) atoms. The van der Waals surface area contributed by atoms with Crippen molar-refractivity contribution in [2.24, 2.45) is 0 Å². The highest BCUT2D eigenvalue weighted by molar-refractivity contribution is 5.72. The van der Waals surface area contributed by atoms with Gasteiger partial charge in [-0.3, -0.25) is 0 Å². The number of aliphatic hydroxyl groups is 6. The fourth-order valence-electron chi connectivity index (χ4n) is 0.870. The molecule has 0 bridgehead atoms. The summed E-state index contributed by atoms with van der Waals surface area (Å²) in [4.78, 5) is 10.2. The molecule has 0 amide bonds. The van der Waals surface area contributed by atoms with Crippen molar-refractivity contribution in [2.45, 2.75) is 30.5 Å². The highest BCUT2D eigenvalue weighted by atomic mass is 16.4. The van der Waals surface area contributed by atoms with Crippen LogP contribution in [0.3, 0.4) is 0 Å². The SMILES string of the molecule is O=C(O)C(O)[C@H](O)[C@H](O)[C@H](O)[C@H](O)CO. The number of carbonyl (C=O) groups is 1. The van der Waals surface area contributed by atoms with Gasteiger partial charge in [0.15, 0.2) is 6.10 Å². The Morgan fingerprint density at radius 3 is 1.73 bits per heavy atom. The molecule has 7 N–H and O–H groups in total. The maximum absolute atomic E-state index is 10.2. The Balaban J connectivity index is 4.42. The number of hydrogen-bond acceptors (Lipinski definition) is 7. The number of rotatable bonds is 6. The predicted molar refractivity (Wildman–Crippen MR) is 44.8 cm³/mol. The van der Waals surface area contributed by atoms with E-state index in [4.69, 9.17) is 35.7 Å². The van der Waals surface area contributed by atoms with Crippen LogP contribution < -0.4 is 0 Å². The zero-order valence-electron chi connectivity index (χ0n) is 7.63. The van der Waals surface area contributed by atoms with Crippen molar-refractivity contribution in [2.75, 3.05) is 6.61 Å². The molecule has 0 aromatic rings. The van der Waals surface area contributed by atoms with Gasteiger partial charge < -0.3 is 35.7 Å². The van der Waals surface area contributed by atoms with Crippen LogP contribution in [0, 0.1) is 0 Å². The molecule has 0 fully saturated rings. The summed E-state index contributed by atoms with van der Waals surface area (Å²) in [5.41, 5.74) is 0. The fraction of sp³-hybridized carbons (Fsp3) is 0.857. The van der Waals surface area contributed by atoms with Gasteiger partial charge in [-0.15, -0.1) is 0 Å². The van der Waals surface area contributed by atoms with E-state index in [9.17, 15) is 4.79 Å². The van der Waals surface area contributed by atoms with Crippen molar-refractivity contribution >= 4 is 5.97 Å². The maximum Gasteiger partial charge on any atom is 0.335 e. The van der Waals surface area contributed by atoms with E-state index >= 15 is 0 Å². The molecule has 0 rings (SSSR count). The summed E-state index contributed by atoms with van der Waals surface area (Å²) < 4.78 is 0. The van der Waals surface area contributed by atoms with Crippen LogP contribution in [0.25, 0.3) is 0 Å². The van der Waals surface area contributed by atoms with Crippen LogP contribution in [0.4, 0.5) is 0 Å². The molecule has 1 unspecified atom stereocenters. The van der Waals surface area contributed by atoms with Crippen LogP contribution in [0.2, 0.25) is 0 Å². The van der Waals surface area contributed by atoms with Crippen LogP contribution in [0.5, 0.6) is 0 Å². The molecule has 0 aromatic heterocycles. The summed E-state index contributed by atoms with van der Waals surface area (Å²) in [6.07, 6.45) is -10.2. The number of aliphatic hydroxyl groups excluding tert-OH is 6. The Morgan fingerprint density at radius 2 is 1.40 bits per heavy atom. The molecule has 5 atom stereocenters. The van der Waals surface area contributed by atoms with Crippen molar-refractivity contribution in [3.63, 3.8) is 0 Å². The number of carboxylic acid groups (broad SMARTS) is 1. The lowest BCUT2D eigenvalue weighted by molar-refractivity contribution is -0.169. The van der Waals surface area contributed by atoms with Gasteiger partial charge in [0.25, 0.3) is 0 Å². The molecule has 0 aliphatic rings. The van der Waals surface area contributed by atoms with E-state index in [1.165, 1.54) is 0 Å². The van der Waals surface area contributed by atoms with E-state index < -0.39 is 43.1 Å². The Labute approximate surface area is 84.7 Å². The third-order valence-electron chi connectivity index (χ3n) is 1.86. The van der Waals surface area contributed by atoms with Crippen molar-refractivity contribution in [1.29, 1.82) is 0 Å². The second kappa shape index (κ2) is 5.95. The first-order valence-corrected chi connectivity index (χ1v) is 4.07. The van der Waals surface area contributed by atoms with E-state index in [-0.39, 0.29) is 0 Å². The van der Waals surface area contributed by atoms with Gasteiger partial charge in [0.05, 0.1) is 6.61 Å². The minimum absolute atomic E-state index is 0.881. The van der Waals surface area contributed by atoms with Crippen LogP contribution in [0.1, 0.15) is 0 Å². The van der Waals surface area contributed by atoms with Crippen LogP contribution in [-0.2, 0) is 4.79 Å². The molecular weight excluding hydrogens is 212 g/mol. The summed E-state index contributed by atoms with van der Waals surface area (Å²) in [6.45, 7) is -0.881. The Morgan fingerprint density at radius 1 is 0.933 bits per heavy atom. The lowest BCUT2D eigenvalue weighted by Crippen LogP contribution is -2.51. The van der Waals surface area contributed by atoms with E-state index in [1.807, 2.05) is 0 Å². The number of aliphatic carboxylic acids is 1. The number of hydrogen-bond donors (Lipinski definition) is 7. The predicted octanol–water partition coefficient (Wildman–Crippen LogP) is -4.13. The third kappa shape index (κ3) is 3.70. The molecule has 8 nitrogen and oxygen atoms in total. The highest BCUT2D eigenvalue weighted by Gasteiger charge is 2.36. The van der Waals surface area contributed by atoms with Gasteiger partial charge in [0.2, 0.25) is 0 Å². The van der Waals surface area contributed by atoms with Crippen molar-refractivity contribution in [3.8, 4) is 0 Å². The zero-order valence-corrected chi connectivity index (χ0v) is 7.63. The van der Waals surface area contributed by atoms with Gasteiger partial charge in [-0.05, 0) is 0 Å². The first kappa shape index (κ1) is 14.2. The highest BCUT2D eigenvalue weighted by Crippen LogP contribution is 2.08. The van der Waals surface area contributed by atoms with Gasteiger partial charge in [-0.25, -0.2) is 4.79 Å². The Bertz CT molecular complexity index is 207. The molecule has 0 spiro atoms. The normalized spacial score (nSPS) is 21.5. The summed E-state index contributed by atoms with van der Waals surface area (Å²) >= 11 is 0. The quantitative estimate of drug-likeness (QED) is 0.240. The van der Waals surface area contributed by atoms with Gasteiger partial charge in [-0.2, -0.15) is 0 Å². The minimum atomic E-state index is -2.29. The van der Waals surface area contributed by atoms with Gasteiger partial charge in [0.1, 0.15) is 24.4 Å². The number of carboxylic acids is 1. The monoisotopic (exact) mass is 226 g/mol. The molecule has 0 aromatic carbocycles. The van der Waals surface area contributed by atoms with Gasteiger partial charge in [0, 0.05) is 0 Å². The minimum Gasteiger partial charge on any atom is -0.479 e. The fourth-order valence-corrected chi connectivity index (χ4v) is 0.870. The molecule has 0 radical (unpaired) electrons. The molecular formula is C7H14O8. The summed E-state index contributed by atoms with van der Waals surface area (Å²) in [5.74, 6) is -1.78. The summed E-state index contributed by atoms with van der Waals surface area (Å²) in [7, 11) is 0. The standard InChI is InChI=1S/C7H14O8/c8-1-2(9)3(10)4(11)5(12)6(13)7(14)15/h2-6,8-13H,1H2,(H,14,15)/t2-,3-,4-,5-,6?/m1/s1. The molecule has 0 saturated carbocycles.